The smallest absolute Gasteiger partial charge is 0.255 e. The number of aromatic nitrogens is 4. The minimum Gasteiger partial charge on any atom is -0.319 e. The molecule has 0 aliphatic carbocycles. The first kappa shape index (κ1) is 12.0. The van der Waals surface area contributed by atoms with Gasteiger partial charge in [0.2, 0.25) is 0 Å². The molecule has 2 heterocycles. The Kier molecular flexibility index (Phi) is 2.87. The van der Waals surface area contributed by atoms with Gasteiger partial charge in [-0.05, 0) is 32.8 Å². The average Bonchev–Trinajstić information content (AvgIpc) is 2.72. The lowest BCUT2D eigenvalue weighted by molar-refractivity contribution is 0.383. The Hall–Kier alpha value is -1.49. The van der Waals surface area contributed by atoms with E-state index in [1.54, 1.807) is 0 Å². The summed E-state index contributed by atoms with van der Waals surface area (Å²) in [7, 11) is 0. The Morgan fingerprint density at radius 3 is 2.47 bits per heavy atom. The van der Waals surface area contributed by atoms with Gasteiger partial charge in [0.1, 0.15) is 0 Å². The van der Waals surface area contributed by atoms with E-state index in [0.717, 1.165) is 30.1 Å². The summed E-state index contributed by atoms with van der Waals surface area (Å²) in [5.41, 5.74) is 7.98. The molecule has 0 aliphatic heterocycles. The van der Waals surface area contributed by atoms with Crippen LogP contribution < -0.4 is 5.73 Å². The average molecular weight is 233 g/mol. The fraction of sp³-hybridized carbons (Fsp3) is 0.583. The summed E-state index contributed by atoms with van der Waals surface area (Å²) in [5, 5.41) is 8.36. The van der Waals surface area contributed by atoms with Crippen LogP contribution >= 0.6 is 0 Å². The van der Waals surface area contributed by atoms with Crippen molar-refractivity contribution in [2.75, 3.05) is 0 Å². The summed E-state index contributed by atoms with van der Waals surface area (Å²) in [4.78, 5) is 4.37. The number of hydrogen-bond donors (Lipinski definition) is 1. The lowest BCUT2D eigenvalue weighted by Crippen LogP contribution is -2.37. The summed E-state index contributed by atoms with van der Waals surface area (Å²) in [6.45, 7) is 8.13. The van der Waals surface area contributed by atoms with Crippen LogP contribution in [0, 0.1) is 13.8 Å². The van der Waals surface area contributed by atoms with E-state index in [9.17, 15) is 0 Å². The van der Waals surface area contributed by atoms with Crippen LogP contribution in [0.4, 0.5) is 0 Å². The van der Waals surface area contributed by atoms with Crippen molar-refractivity contribution in [1.82, 2.24) is 19.6 Å². The fourth-order valence-corrected chi connectivity index (χ4v) is 2.12. The third-order valence-electron chi connectivity index (χ3n) is 3.40. The predicted octanol–water partition coefficient (Wildman–Crippen LogP) is 1.72. The Bertz CT molecular complexity index is 539. The summed E-state index contributed by atoms with van der Waals surface area (Å²) in [5.74, 6) is 1.44. The molecule has 5 heteroatoms. The van der Waals surface area contributed by atoms with Crippen LogP contribution in [0.25, 0.3) is 5.78 Å². The van der Waals surface area contributed by atoms with Crippen molar-refractivity contribution < 1.29 is 0 Å². The Labute approximate surface area is 101 Å². The summed E-state index contributed by atoms with van der Waals surface area (Å²) < 4.78 is 1.96. The molecule has 92 valence electrons. The van der Waals surface area contributed by atoms with Gasteiger partial charge in [0.05, 0.1) is 5.54 Å². The van der Waals surface area contributed by atoms with E-state index in [1.165, 1.54) is 0 Å². The predicted molar refractivity (Wildman–Crippen MR) is 66.7 cm³/mol. The number of fused-ring (bicyclic) bond motifs is 1. The van der Waals surface area contributed by atoms with Crippen molar-refractivity contribution in [2.24, 2.45) is 5.73 Å². The molecular weight excluding hydrogens is 214 g/mol. The molecule has 2 aromatic heterocycles. The highest BCUT2D eigenvalue weighted by atomic mass is 15.3. The van der Waals surface area contributed by atoms with E-state index in [2.05, 4.69) is 29.0 Å². The molecule has 2 N–H and O–H groups in total. The highest BCUT2D eigenvalue weighted by Crippen LogP contribution is 2.25. The standard InChI is InChI=1S/C12H19N5/c1-5-12(13,6-2)10-15-16-11-14-8(3)7-9(4)17(10)11/h7H,5-6,13H2,1-4H3. The molecule has 5 nitrogen and oxygen atoms in total. The lowest BCUT2D eigenvalue weighted by atomic mass is 9.93. The van der Waals surface area contributed by atoms with Gasteiger partial charge < -0.3 is 5.73 Å². The molecule has 0 aliphatic rings. The van der Waals surface area contributed by atoms with Gasteiger partial charge in [-0.2, -0.15) is 0 Å². The second kappa shape index (κ2) is 4.07. The van der Waals surface area contributed by atoms with Gasteiger partial charge in [-0.1, -0.05) is 13.8 Å². The van der Waals surface area contributed by atoms with Crippen LogP contribution in [0.1, 0.15) is 43.9 Å². The van der Waals surface area contributed by atoms with Gasteiger partial charge in [-0.3, -0.25) is 4.40 Å². The van der Waals surface area contributed by atoms with E-state index in [4.69, 9.17) is 5.73 Å². The van der Waals surface area contributed by atoms with Crippen molar-refractivity contribution >= 4 is 5.78 Å². The SMILES string of the molecule is CCC(N)(CC)c1nnc2nc(C)cc(C)n12. The number of rotatable bonds is 3. The molecule has 2 aromatic rings. The van der Waals surface area contributed by atoms with Crippen LogP contribution in [0.3, 0.4) is 0 Å². The number of nitrogens with two attached hydrogens (primary N) is 1. The minimum atomic E-state index is -0.429. The molecule has 0 radical (unpaired) electrons. The molecule has 0 saturated heterocycles. The monoisotopic (exact) mass is 233 g/mol. The Morgan fingerprint density at radius 1 is 1.24 bits per heavy atom. The normalized spacial score (nSPS) is 12.3. The topological polar surface area (TPSA) is 69.1 Å². The van der Waals surface area contributed by atoms with Gasteiger partial charge in [0.25, 0.3) is 5.78 Å². The molecule has 0 amide bonds. The molecule has 0 atom stereocenters. The zero-order chi connectivity index (χ0) is 12.6. The zero-order valence-corrected chi connectivity index (χ0v) is 10.9. The highest BCUT2D eigenvalue weighted by Gasteiger charge is 2.29. The van der Waals surface area contributed by atoms with Crippen molar-refractivity contribution in [3.05, 3.63) is 23.3 Å². The molecule has 0 unspecified atom stereocenters. The van der Waals surface area contributed by atoms with Crippen LogP contribution in [0.2, 0.25) is 0 Å². The number of hydrogen-bond acceptors (Lipinski definition) is 4. The maximum absolute atomic E-state index is 6.38. The number of nitrogens with zero attached hydrogens (tertiary/aromatic N) is 4. The van der Waals surface area contributed by atoms with Gasteiger partial charge >= 0.3 is 0 Å². The van der Waals surface area contributed by atoms with Crippen LogP contribution in [0.5, 0.6) is 0 Å². The quantitative estimate of drug-likeness (QED) is 0.876. The second-order valence-electron chi connectivity index (χ2n) is 4.56. The molecule has 17 heavy (non-hydrogen) atoms. The maximum atomic E-state index is 6.38. The van der Waals surface area contributed by atoms with E-state index in [1.807, 2.05) is 24.3 Å². The van der Waals surface area contributed by atoms with Crippen molar-refractivity contribution in [3.8, 4) is 0 Å². The first-order valence-corrected chi connectivity index (χ1v) is 6.00. The van der Waals surface area contributed by atoms with Gasteiger partial charge in [0.15, 0.2) is 5.82 Å². The first-order valence-electron chi connectivity index (χ1n) is 6.00. The molecule has 0 saturated carbocycles. The van der Waals surface area contributed by atoms with Crippen LogP contribution in [0.15, 0.2) is 6.07 Å². The van der Waals surface area contributed by atoms with E-state index in [-0.39, 0.29) is 0 Å². The third kappa shape index (κ3) is 1.80. The van der Waals surface area contributed by atoms with Crippen LogP contribution in [-0.2, 0) is 5.54 Å². The minimum absolute atomic E-state index is 0.429. The van der Waals surface area contributed by atoms with Gasteiger partial charge in [-0.15, -0.1) is 10.2 Å². The molecule has 0 bridgehead atoms. The summed E-state index contributed by atoms with van der Waals surface area (Å²) >= 11 is 0. The second-order valence-corrected chi connectivity index (χ2v) is 4.56. The highest BCUT2D eigenvalue weighted by molar-refractivity contribution is 5.34. The maximum Gasteiger partial charge on any atom is 0.255 e. The summed E-state index contributed by atoms with van der Waals surface area (Å²) in [6.07, 6.45) is 1.66. The largest absolute Gasteiger partial charge is 0.319 e. The van der Waals surface area contributed by atoms with Crippen molar-refractivity contribution in [3.63, 3.8) is 0 Å². The van der Waals surface area contributed by atoms with E-state index >= 15 is 0 Å². The van der Waals surface area contributed by atoms with Crippen molar-refractivity contribution in [1.29, 1.82) is 0 Å². The Morgan fingerprint density at radius 2 is 1.88 bits per heavy atom. The molecule has 0 spiro atoms. The van der Waals surface area contributed by atoms with E-state index < -0.39 is 5.54 Å². The van der Waals surface area contributed by atoms with Crippen LogP contribution in [-0.4, -0.2) is 19.6 Å². The zero-order valence-electron chi connectivity index (χ0n) is 10.9. The van der Waals surface area contributed by atoms with Gasteiger partial charge in [-0.25, -0.2) is 4.98 Å². The lowest BCUT2D eigenvalue weighted by Gasteiger charge is -2.24. The number of aryl methyl sites for hydroxylation is 2. The fourth-order valence-electron chi connectivity index (χ4n) is 2.12. The van der Waals surface area contributed by atoms with E-state index in [0.29, 0.717) is 5.78 Å². The molecule has 2 rings (SSSR count). The first-order chi connectivity index (χ1) is 8.01. The van der Waals surface area contributed by atoms with Crippen molar-refractivity contribution in [2.45, 2.75) is 46.1 Å². The summed E-state index contributed by atoms with van der Waals surface area (Å²) in [6, 6.07) is 2.02. The molecular formula is C12H19N5. The van der Waals surface area contributed by atoms with Gasteiger partial charge in [0, 0.05) is 11.4 Å². The molecule has 0 aromatic carbocycles. The third-order valence-corrected chi connectivity index (χ3v) is 3.40. The molecule has 0 fully saturated rings. The Balaban J connectivity index is 2.72.